The van der Waals surface area contributed by atoms with Gasteiger partial charge in [0, 0.05) is 5.56 Å². The Bertz CT molecular complexity index is 926. The zero-order chi connectivity index (χ0) is 16.7. The fraction of sp³-hybridized carbons (Fsp3) is 0.188. The number of benzene rings is 2. The van der Waals surface area contributed by atoms with Crippen LogP contribution in [0.4, 0.5) is 5.69 Å². The van der Waals surface area contributed by atoms with E-state index < -0.39 is 16.1 Å². The van der Waals surface area contributed by atoms with Crippen LogP contribution in [0.1, 0.15) is 11.6 Å². The first-order valence-electron chi connectivity index (χ1n) is 7.34. The molecule has 0 unspecified atom stereocenters. The number of nitrogens with one attached hydrogen (secondary N) is 2. The summed E-state index contributed by atoms with van der Waals surface area (Å²) >= 11 is 0. The summed E-state index contributed by atoms with van der Waals surface area (Å²) in [7, 11) is -3.77. The van der Waals surface area contributed by atoms with Crippen molar-refractivity contribution in [1.82, 2.24) is 4.72 Å². The van der Waals surface area contributed by atoms with Crippen LogP contribution >= 0.6 is 0 Å². The van der Waals surface area contributed by atoms with Crippen LogP contribution in [-0.2, 0) is 14.8 Å². The highest BCUT2D eigenvalue weighted by Gasteiger charge is 2.29. The largest absolute Gasteiger partial charge is 0.491 e. The molecule has 2 aliphatic heterocycles. The number of anilines is 1. The van der Waals surface area contributed by atoms with Crippen LogP contribution in [0.25, 0.3) is 0 Å². The fourth-order valence-electron chi connectivity index (χ4n) is 2.74. The van der Waals surface area contributed by atoms with Gasteiger partial charge in [-0.15, -0.1) is 0 Å². The van der Waals surface area contributed by atoms with Gasteiger partial charge in [-0.2, -0.15) is 0 Å². The molecule has 1 atom stereocenters. The van der Waals surface area contributed by atoms with Gasteiger partial charge in [-0.1, -0.05) is 18.2 Å². The molecule has 2 aromatic rings. The molecule has 2 aromatic carbocycles. The van der Waals surface area contributed by atoms with Gasteiger partial charge in [0.1, 0.15) is 18.1 Å². The van der Waals surface area contributed by atoms with E-state index in [1.807, 2.05) is 18.2 Å². The van der Waals surface area contributed by atoms with Crippen LogP contribution < -0.4 is 19.5 Å². The van der Waals surface area contributed by atoms with E-state index in [9.17, 15) is 13.2 Å². The molecule has 24 heavy (non-hydrogen) atoms. The van der Waals surface area contributed by atoms with Gasteiger partial charge in [0.2, 0.25) is 10.0 Å². The number of fused-ring (bicyclic) bond motifs is 2. The molecular formula is C16H14N2O5S. The Hall–Kier alpha value is -2.58. The van der Waals surface area contributed by atoms with E-state index in [1.165, 1.54) is 18.2 Å². The summed E-state index contributed by atoms with van der Waals surface area (Å²) in [4.78, 5) is 11.4. The minimum atomic E-state index is -3.77. The molecule has 0 aliphatic carbocycles. The third kappa shape index (κ3) is 2.59. The van der Waals surface area contributed by atoms with E-state index in [1.54, 1.807) is 6.07 Å². The highest BCUT2D eigenvalue weighted by molar-refractivity contribution is 7.89. The SMILES string of the molecule is O=C1COc2ccc(S(=O)(=O)N[C@@H]3COc4ccccc43)cc2N1. The lowest BCUT2D eigenvalue weighted by molar-refractivity contribution is -0.118. The molecule has 8 heteroatoms. The molecule has 0 aromatic heterocycles. The van der Waals surface area contributed by atoms with Crippen LogP contribution in [0, 0.1) is 0 Å². The first kappa shape index (κ1) is 15.0. The van der Waals surface area contributed by atoms with E-state index in [0.717, 1.165) is 5.56 Å². The van der Waals surface area contributed by atoms with Crippen molar-refractivity contribution < 1.29 is 22.7 Å². The molecule has 2 heterocycles. The second kappa shape index (κ2) is 5.50. The van der Waals surface area contributed by atoms with E-state index in [-0.39, 0.29) is 24.0 Å². The topological polar surface area (TPSA) is 93.7 Å². The quantitative estimate of drug-likeness (QED) is 0.877. The van der Waals surface area contributed by atoms with Crippen molar-refractivity contribution in [2.45, 2.75) is 10.9 Å². The summed E-state index contributed by atoms with van der Waals surface area (Å²) in [6.07, 6.45) is 0. The number of rotatable bonds is 3. The molecule has 0 radical (unpaired) electrons. The van der Waals surface area contributed by atoms with Crippen LogP contribution in [0.15, 0.2) is 47.4 Å². The predicted molar refractivity (Wildman–Crippen MR) is 85.6 cm³/mol. The molecule has 1 amide bonds. The predicted octanol–water partition coefficient (Wildman–Crippen LogP) is 1.43. The number of amides is 1. The van der Waals surface area contributed by atoms with Crippen molar-refractivity contribution in [2.75, 3.05) is 18.5 Å². The molecule has 4 rings (SSSR count). The lowest BCUT2D eigenvalue weighted by Crippen LogP contribution is -2.30. The van der Waals surface area contributed by atoms with E-state index >= 15 is 0 Å². The lowest BCUT2D eigenvalue weighted by atomic mass is 10.1. The highest BCUT2D eigenvalue weighted by atomic mass is 32.2. The van der Waals surface area contributed by atoms with Gasteiger partial charge in [-0.05, 0) is 24.3 Å². The first-order chi connectivity index (χ1) is 11.5. The van der Waals surface area contributed by atoms with Crippen molar-refractivity contribution in [3.8, 4) is 11.5 Å². The van der Waals surface area contributed by atoms with Gasteiger partial charge in [0.15, 0.2) is 6.61 Å². The number of ether oxygens (including phenoxy) is 2. The second-order valence-electron chi connectivity index (χ2n) is 5.52. The van der Waals surface area contributed by atoms with Crippen molar-refractivity contribution in [3.63, 3.8) is 0 Å². The Morgan fingerprint density at radius 3 is 2.79 bits per heavy atom. The molecule has 0 bridgehead atoms. The highest BCUT2D eigenvalue weighted by Crippen LogP contribution is 2.34. The third-order valence-electron chi connectivity index (χ3n) is 3.89. The summed E-state index contributed by atoms with van der Waals surface area (Å²) in [6, 6.07) is 11.2. The van der Waals surface area contributed by atoms with Crippen LogP contribution in [0.5, 0.6) is 11.5 Å². The number of hydrogen-bond acceptors (Lipinski definition) is 5. The van der Waals surface area contributed by atoms with Crippen molar-refractivity contribution in [1.29, 1.82) is 0 Å². The van der Waals surface area contributed by atoms with Gasteiger partial charge in [-0.3, -0.25) is 4.79 Å². The van der Waals surface area contributed by atoms with Crippen LogP contribution in [0.2, 0.25) is 0 Å². The second-order valence-corrected chi connectivity index (χ2v) is 7.23. The average molecular weight is 346 g/mol. The summed E-state index contributed by atoms with van der Waals surface area (Å²) in [5.74, 6) is 0.808. The number of carbonyl (C=O) groups is 1. The number of hydrogen-bond donors (Lipinski definition) is 2. The number of para-hydroxylation sites is 1. The zero-order valence-corrected chi connectivity index (χ0v) is 13.3. The lowest BCUT2D eigenvalue weighted by Gasteiger charge is -2.19. The summed E-state index contributed by atoms with van der Waals surface area (Å²) in [5, 5.41) is 2.60. The number of carbonyl (C=O) groups excluding carboxylic acids is 1. The molecule has 0 spiro atoms. The van der Waals surface area contributed by atoms with E-state index in [4.69, 9.17) is 9.47 Å². The minimum absolute atomic E-state index is 0.0523. The van der Waals surface area contributed by atoms with Gasteiger partial charge in [0.25, 0.3) is 5.91 Å². The maximum atomic E-state index is 12.6. The first-order valence-corrected chi connectivity index (χ1v) is 8.82. The molecule has 0 saturated carbocycles. The van der Waals surface area contributed by atoms with E-state index in [2.05, 4.69) is 10.0 Å². The van der Waals surface area contributed by atoms with Crippen LogP contribution in [-0.4, -0.2) is 27.5 Å². The van der Waals surface area contributed by atoms with Gasteiger partial charge < -0.3 is 14.8 Å². The third-order valence-corrected chi connectivity index (χ3v) is 5.36. The Morgan fingerprint density at radius 1 is 1.08 bits per heavy atom. The normalized spacial score (nSPS) is 18.8. The van der Waals surface area contributed by atoms with Crippen molar-refractivity contribution >= 4 is 21.6 Å². The standard InChI is InChI=1S/C16H14N2O5S/c19-16-9-23-15-6-5-10(7-12(15)17-16)24(20,21)18-13-8-22-14-4-2-1-3-11(13)14/h1-7,13,18H,8-9H2,(H,17,19)/t13-/m1/s1. The minimum Gasteiger partial charge on any atom is -0.491 e. The average Bonchev–Trinajstić information content (AvgIpc) is 2.97. The van der Waals surface area contributed by atoms with Gasteiger partial charge in [0.05, 0.1) is 16.6 Å². The van der Waals surface area contributed by atoms with Crippen molar-refractivity contribution in [2.24, 2.45) is 0 Å². The van der Waals surface area contributed by atoms with Crippen molar-refractivity contribution in [3.05, 3.63) is 48.0 Å². The Labute approximate surface area is 138 Å². The Balaban J connectivity index is 1.62. The molecule has 0 fully saturated rings. The maximum absolute atomic E-state index is 12.6. The molecule has 0 saturated heterocycles. The monoisotopic (exact) mass is 346 g/mol. The van der Waals surface area contributed by atoms with Gasteiger partial charge in [-0.25, -0.2) is 13.1 Å². The molecular weight excluding hydrogens is 332 g/mol. The number of sulfonamides is 1. The Kier molecular flexibility index (Phi) is 3.43. The van der Waals surface area contributed by atoms with E-state index in [0.29, 0.717) is 17.2 Å². The Morgan fingerprint density at radius 2 is 1.92 bits per heavy atom. The molecule has 124 valence electrons. The molecule has 2 aliphatic rings. The molecule has 2 N–H and O–H groups in total. The van der Waals surface area contributed by atoms with Gasteiger partial charge >= 0.3 is 0 Å². The van der Waals surface area contributed by atoms with Crippen LogP contribution in [0.3, 0.4) is 0 Å². The fourth-order valence-corrected chi connectivity index (χ4v) is 3.97. The molecule has 7 nitrogen and oxygen atoms in total. The maximum Gasteiger partial charge on any atom is 0.262 e. The smallest absolute Gasteiger partial charge is 0.262 e. The zero-order valence-electron chi connectivity index (χ0n) is 12.5. The summed E-state index contributed by atoms with van der Waals surface area (Å²) in [5.41, 5.74) is 1.15. The summed E-state index contributed by atoms with van der Waals surface area (Å²) in [6.45, 7) is 0.164. The summed E-state index contributed by atoms with van der Waals surface area (Å²) < 4.78 is 38.7.